The third-order valence-corrected chi connectivity index (χ3v) is 3.61. The van der Waals surface area contributed by atoms with Gasteiger partial charge in [-0.1, -0.05) is 50.2 Å². The molecule has 3 N–H and O–H groups in total. The zero-order chi connectivity index (χ0) is 16.8. The molecule has 0 radical (unpaired) electrons. The van der Waals surface area contributed by atoms with E-state index in [0.29, 0.717) is 5.92 Å². The number of rotatable bonds is 6. The molecule has 3 aromatic rings. The summed E-state index contributed by atoms with van der Waals surface area (Å²) in [6.45, 7) is 4.39. The minimum Gasteiger partial charge on any atom is -0.334 e. The number of hydrogen-bond donors (Lipinski definition) is 2. The van der Waals surface area contributed by atoms with Crippen LogP contribution >= 0.6 is 0 Å². The van der Waals surface area contributed by atoms with Crippen LogP contribution in [0.4, 0.5) is 23.0 Å². The molecule has 0 aliphatic rings. The van der Waals surface area contributed by atoms with Crippen LogP contribution in [0.3, 0.4) is 0 Å². The van der Waals surface area contributed by atoms with Gasteiger partial charge in [0.2, 0.25) is 5.82 Å². The molecule has 0 saturated carbocycles. The van der Waals surface area contributed by atoms with Gasteiger partial charge in [-0.3, -0.25) is 5.32 Å². The quantitative estimate of drug-likeness (QED) is 0.677. The average Bonchev–Trinajstić information content (AvgIpc) is 2.59. The highest BCUT2D eigenvalue weighted by Crippen LogP contribution is 2.20. The van der Waals surface area contributed by atoms with Crippen LogP contribution in [0.1, 0.15) is 19.5 Å². The van der Waals surface area contributed by atoms with E-state index in [1.54, 1.807) is 0 Å². The number of nitrogens with zero attached hydrogens (tertiary/aromatic N) is 2. The van der Waals surface area contributed by atoms with Crippen molar-refractivity contribution in [2.24, 2.45) is 5.92 Å². The monoisotopic (exact) mass is 319 g/mol. The smallest absolute Gasteiger partial charge is 0.273 e. The maximum absolute atomic E-state index is 4.82. The second-order valence-corrected chi connectivity index (χ2v) is 6.24. The highest BCUT2D eigenvalue weighted by Gasteiger charge is 2.14. The molecule has 2 aromatic carbocycles. The van der Waals surface area contributed by atoms with Crippen LogP contribution in [0, 0.1) is 5.92 Å². The topological polar surface area (TPSA) is 54.4 Å². The normalized spacial score (nSPS) is 10.8. The summed E-state index contributed by atoms with van der Waals surface area (Å²) in [6, 6.07) is 20.3. The first-order valence-corrected chi connectivity index (χ1v) is 8.28. The molecule has 3 rings (SSSR count). The molecule has 0 amide bonds. The number of benzene rings is 2. The number of para-hydroxylation sites is 2. The van der Waals surface area contributed by atoms with Gasteiger partial charge in [-0.15, -0.1) is 0 Å². The maximum atomic E-state index is 4.82. The Morgan fingerprint density at radius 3 is 2.29 bits per heavy atom. The van der Waals surface area contributed by atoms with Gasteiger partial charge < -0.3 is 5.32 Å². The highest BCUT2D eigenvalue weighted by atomic mass is 15.1. The molecule has 122 valence electrons. The molecule has 1 aromatic heterocycles. The molecule has 0 unspecified atom stereocenters. The van der Waals surface area contributed by atoms with E-state index in [4.69, 9.17) is 4.98 Å². The summed E-state index contributed by atoms with van der Waals surface area (Å²) in [4.78, 5) is 9.44. The van der Waals surface area contributed by atoms with E-state index >= 15 is 0 Å². The van der Waals surface area contributed by atoms with Crippen molar-refractivity contribution in [3.63, 3.8) is 0 Å². The van der Waals surface area contributed by atoms with Crippen molar-refractivity contribution in [2.45, 2.75) is 20.3 Å². The molecule has 0 saturated heterocycles. The Hall–Kier alpha value is -2.72. The van der Waals surface area contributed by atoms with Crippen molar-refractivity contribution in [3.05, 3.63) is 72.6 Å². The van der Waals surface area contributed by atoms with Gasteiger partial charge in [0.1, 0.15) is 5.69 Å². The van der Waals surface area contributed by atoms with E-state index in [-0.39, 0.29) is 0 Å². The van der Waals surface area contributed by atoms with Crippen LogP contribution < -0.4 is 10.6 Å². The molecule has 1 heterocycles. The highest BCUT2D eigenvalue weighted by molar-refractivity contribution is 5.62. The summed E-state index contributed by atoms with van der Waals surface area (Å²) >= 11 is 0. The van der Waals surface area contributed by atoms with Gasteiger partial charge in [0, 0.05) is 5.69 Å². The Bertz CT molecular complexity index is 770. The fraction of sp³-hybridized carbons (Fsp3) is 0.200. The lowest BCUT2D eigenvalue weighted by atomic mass is 10.1. The molecule has 0 atom stereocenters. The third kappa shape index (κ3) is 4.40. The second-order valence-electron chi connectivity index (χ2n) is 6.24. The fourth-order valence-corrected chi connectivity index (χ4v) is 2.52. The van der Waals surface area contributed by atoms with Crippen LogP contribution in [-0.4, -0.2) is 9.97 Å². The van der Waals surface area contributed by atoms with Crippen LogP contribution in [0.25, 0.3) is 0 Å². The molecular weight excluding hydrogens is 296 g/mol. The predicted molar refractivity (Wildman–Crippen MR) is 98.0 cm³/mol. The number of hydrogen-bond acceptors (Lipinski definition) is 3. The maximum Gasteiger partial charge on any atom is 0.273 e. The molecule has 0 spiro atoms. The SMILES string of the molecule is CC(C)Cc1cnc(Nc2ccccc2)c([NH2+]c2ccccc2)n1. The Balaban J connectivity index is 1.91. The van der Waals surface area contributed by atoms with Crippen molar-refractivity contribution in [1.82, 2.24) is 9.97 Å². The van der Waals surface area contributed by atoms with E-state index in [0.717, 1.165) is 35.1 Å². The van der Waals surface area contributed by atoms with Crippen LogP contribution in [0.5, 0.6) is 0 Å². The zero-order valence-corrected chi connectivity index (χ0v) is 14.1. The van der Waals surface area contributed by atoms with E-state index in [9.17, 15) is 0 Å². The Kier molecular flexibility index (Phi) is 5.18. The zero-order valence-electron chi connectivity index (χ0n) is 14.1. The number of anilines is 2. The van der Waals surface area contributed by atoms with Crippen LogP contribution in [0.15, 0.2) is 66.9 Å². The van der Waals surface area contributed by atoms with Gasteiger partial charge in [0.05, 0.1) is 11.9 Å². The number of quaternary nitrogens is 1. The molecule has 0 aliphatic carbocycles. The summed E-state index contributed by atoms with van der Waals surface area (Å²) in [5.74, 6) is 2.19. The lowest BCUT2D eigenvalue weighted by Crippen LogP contribution is -2.72. The fourth-order valence-electron chi connectivity index (χ4n) is 2.52. The summed E-state index contributed by atoms with van der Waals surface area (Å²) in [5, 5.41) is 5.44. The number of nitrogens with two attached hydrogens (primary N) is 1. The van der Waals surface area contributed by atoms with Crippen molar-refractivity contribution in [1.29, 1.82) is 0 Å². The predicted octanol–water partition coefficient (Wildman–Crippen LogP) is 3.95. The first kappa shape index (κ1) is 16.1. The molecule has 24 heavy (non-hydrogen) atoms. The first-order chi connectivity index (χ1) is 11.7. The number of nitrogens with one attached hydrogen (secondary N) is 1. The van der Waals surface area contributed by atoms with Crippen LogP contribution in [-0.2, 0) is 6.42 Å². The molecule has 0 bridgehead atoms. The summed E-state index contributed by atoms with van der Waals surface area (Å²) < 4.78 is 0. The van der Waals surface area contributed by atoms with Crippen molar-refractivity contribution in [3.8, 4) is 0 Å². The summed E-state index contributed by atoms with van der Waals surface area (Å²) in [6.07, 6.45) is 2.79. The molecular formula is C20H23N4+. The van der Waals surface area contributed by atoms with E-state index in [1.165, 1.54) is 0 Å². The Morgan fingerprint density at radius 2 is 1.62 bits per heavy atom. The van der Waals surface area contributed by atoms with E-state index in [1.807, 2.05) is 54.7 Å². The van der Waals surface area contributed by atoms with Gasteiger partial charge >= 0.3 is 0 Å². The molecule has 4 nitrogen and oxygen atoms in total. The Morgan fingerprint density at radius 1 is 0.958 bits per heavy atom. The van der Waals surface area contributed by atoms with Crippen molar-refractivity contribution in [2.75, 3.05) is 5.32 Å². The largest absolute Gasteiger partial charge is 0.334 e. The Labute approximate surface area is 143 Å². The molecule has 0 fully saturated rings. The van der Waals surface area contributed by atoms with E-state index in [2.05, 4.69) is 41.6 Å². The third-order valence-electron chi connectivity index (χ3n) is 3.61. The second kappa shape index (κ2) is 7.70. The van der Waals surface area contributed by atoms with Crippen LogP contribution in [0.2, 0.25) is 0 Å². The molecule has 0 aliphatic heterocycles. The minimum atomic E-state index is 0.553. The summed E-state index contributed by atoms with van der Waals surface area (Å²) in [7, 11) is 0. The van der Waals surface area contributed by atoms with Gasteiger partial charge in [-0.25, -0.2) is 4.98 Å². The summed E-state index contributed by atoms with van der Waals surface area (Å²) in [5.41, 5.74) is 3.14. The minimum absolute atomic E-state index is 0.553. The van der Waals surface area contributed by atoms with Gasteiger partial charge in [0.25, 0.3) is 5.82 Å². The standard InChI is InChI=1S/C20H22N4/c1-15(2)13-18-14-21-19(22-16-9-5-3-6-10-16)20(24-18)23-17-11-7-4-8-12-17/h3-12,14-15H,13H2,1-2H3,(H,21,22)(H,23,24)/p+1. The lowest BCUT2D eigenvalue weighted by molar-refractivity contribution is -0.482. The molecule has 4 heteroatoms. The first-order valence-electron chi connectivity index (χ1n) is 8.28. The lowest BCUT2D eigenvalue weighted by Gasteiger charge is -2.11. The number of aromatic nitrogens is 2. The van der Waals surface area contributed by atoms with E-state index < -0.39 is 0 Å². The van der Waals surface area contributed by atoms with Crippen molar-refractivity contribution < 1.29 is 5.32 Å². The average molecular weight is 319 g/mol. The van der Waals surface area contributed by atoms with Crippen molar-refractivity contribution >= 4 is 23.0 Å². The van der Waals surface area contributed by atoms with Gasteiger partial charge in [-0.2, -0.15) is 4.98 Å². The van der Waals surface area contributed by atoms with Gasteiger partial charge in [-0.05, 0) is 36.6 Å². The van der Waals surface area contributed by atoms with Gasteiger partial charge in [0.15, 0.2) is 0 Å².